The molecule has 0 unspecified atom stereocenters. The van der Waals surface area contributed by atoms with Crippen LogP contribution in [0.1, 0.15) is 25.3 Å². The van der Waals surface area contributed by atoms with Crippen LogP contribution in [0.15, 0.2) is 36.4 Å². The molecule has 20 heavy (non-hydrogen) atoms. The Labute approximate surface area is 122 Å². The molecule has 1 aromatic carbocycles. The molecule has 5 heteroatoms. The Bertz CT molecular complexity index is 551. The number of ether oxygens (including phenoxy) is 1. The number of halogens is 1. The summed E-state index contributed by atoms with van der Waals surface area (Å²) in [5, 5.41) is 3.22. The molecular formula is C15H16ClNO3. The Morgan fingerprint density at radius 1 is 1.35 bits per heavy atom. The Kier molecular flexibility index (Phi) is 4.14. The lowest BCUT2D eigenvalue weighted by atomic mass is 9.89. The zero-order valence-electron chi connectivity index (χ0n) is 11.4. The Morgan fingerprint density at radius 2 is 1.95 bits per heavy atom. The SMILES string of the molecule is C=C1C(=O)N[C@@H](C(=O)OC(C)C)[C@H]1c1ccc(Cl)cc1. The van der Waals surface area contributed by atoms with Crippen LogP contribution in [0.4, 0.5) is 0 Å². The van der Waals surface area contributed by atoms with Crippen molar-refractivity contribution in [3.63, 3.8) is 0 Å². The summed E-state index contributed by atoms with van der Waals surface area (Å²) in [5.74, 6) is -1.20. The van der Waals surface area contributed by atoms with Crippen molar-refractivity contribution in [3.05, 3.63) is 47.0 Å². The molecule has 0 bridgehead atoms. The van der Waals surface area contributed by atoms with Gasteiger partial charge in [-0.05, 0) is 31.5 Å². The van der Waals surface area contributed by atoms with Gasteiger partial charge in [0.1, 0.15) is 6.04 Å². The second-order valence-electron chi connectivity index (χ2n) is 4.99. The first-order valence-electron chi connectivity index (χ1n) is 6.35. The third-order valence-electron chi connectivity index (χ3n) is 3.12. The van der Waals surface area contributed by atoms with Gasteiger partial charge in [0.2, 0.25) is 5.91 Å². The van der Waals surface area contributed by atoms with Gasteiger partial charge in [-0.25, -0.2) is 4.79 Å². The molecule has 1 aliphatic heterocycles. The Hall–Kier alpha value is -1.81. The van der Waals surface area contributed by atoms with E-state index in [0.717, 1.165) is 5.56 Å². The van der Waals surface area contributed by atoms with Crippen LogP contribution >= 0.6 is 11.6 Å². The summed E-state index contributed by atoms with van der Waals surface area (Å²) in [4.78, 5) is 23.9. The molecule has 4 nitrogen and oxygen atoms in total. The number of hydrogen-bond donors (Lipinski definition) is 1. The van der Waals surface area contributed by atoms with Gasteiger partial charge >= 0.3 is 5.97 Å². The lowest BCUT2D eigenvalue weighted by molar-refractivity contribution is -0.150. The van der Waals surface area contributed by atoms with E-state index in [1.165, 1.54) is 0 Å². The van der Waals surface area contributed by atoms with E-state index >= 15 is 0 Å². The van der Waals surface area contributed by atoms with E-state index in [1.807, 2.05) is 0 Å². The van der Waals surface area contributed by atoms with Gasteiger partial charge in [-0.3, -0.25) is 4.79 Å². The molecular weight excluding hydrogens is 278 g/mol. The maximum Gasteiger partial charge on any atom is 0.329 e. The maximum absolute atomic E-state index is 12.1. The second kappa shape index (κ2) is 5.67. The number of esters is 1. The lowest BCUT2D eigenvalue weighted by Crippen LogP contribution is -2.38. The molecule has 0 saturated carbocycles. The third-order valence-corrected chi connectivity index (χ3v) is 3.37. The number of rotatable bonds is 3. The van der Waals surface area contributed by atoms with E-state index in [2.05, 4.69) is 11.9 Å². The van der Waals surface area contributed by atoms with E-state index in [0.29, 0.717) is 10.6 Å². The van der Waals surface area contributed by atoms with Gasteiger partial charge in [0.05, 0.1) is 6.10 Å². The van der Waals surface area contributed by atoms with Crippen LogP contribution in [-0.4, -0.2) is 24.0 Å². The standard InChI is InChI=1S/C15H16ClNO3/c1-8(2)20-15(19)13-12(9(3)14(18)17-13)10-4-6-11(16)7-5-10/h4-8,12-13H,3H2,1-2H3,(H,17,18)/t12-,13-/m1/s1. The van der Waals surface area contributed by atoms with E-state index in [1.54, 1.807) is 38.1 Å². The highest BCUT2D eigenvalue weighted by atomic mass is 35.5. The van der Waals surface area contributed by atoms with Gasteiger partial charge < -0.3 is 10.1 Å². The minimum absolute atomic E-state index is 0.237. The molecule has 0 aliphatic carbocycles. The van der Waals surface area contributed by atoms with E-state index < -0.39 is 17.9 Å². The summed E-state index contributed by atoms with van der Waals surface area (Å²) in [7, 11) is 0. The average Bonchev–Trinajstić information content (AvgIpc) is 2.67. The van der Waals surface area contributed by atoms with Crippen molar-refractivity contribution in [1.82, 2.24) is 5.32 Å². The van der Waals surface area contributed by atoms with Gasteiger partial charge in [0, 0.05) is 16.5 Å². The molecule has 2 rings (SSSR count). The van der Waals surface area contributed by atoms with E-state index in [4.69, 9.17) is 16.3 Å². The van der Waals surface area contributed by atoms with Gasteiger partial charge in [-0.1, -0.05) is 30.3 Å². The molecule has 1 aromatic rings. The Morgan fingerprint density at radius 3 is 2.50 bits per heavy atom. The van der Waals surface area contributed by atoms with Crippen LogP contribution in [0.25, 0.3) is 0 Å². The minimum atomic E-state index is -0.737. The minimum Gasteiger partial charge on any atom is -0.461 e. The summed E-state index contributed by atoms with van der Waals surface area (Å²) in [6.45, 7) is 7.30. The molecule has 0 radical (unpaired) electrons. The predicted octanol–water partition coefficient (Wildman–Crippen LogP) is 2.43. The van der Waals surface area contributed by atoms with Crippen LogP contribution < -0.4 is 5.32 Å². The number of amides is 1. The molecule has 1 heterocycles. The van der Waals surface area contributed by atoms with Gasteiger partial charge in [-0.15, -0.1) is 0 Å². The largest absolute Gasteiger partial charge is 0.461 e. The average molecular weight is 294 g/mol. The first-order chi connectivity index (χ1) is 9.40. The monoisotopic (exact) mass is 293 g/mol. The Balaban J connectivity index is 2.31. The zero-order chi connectivity index (χ0) is 14.9. The number of nitrogens with one attached hydrogen (secondary N) is 1. The maximum atomic E-state index is 12.1. The fourth-order valence-corrected chi connectivity index (χ4v) is 2.35. The molecule has 1 saturated heterocycles. The van der Waals surface area contributed by atoms with Crippen molar-refractivity contribution >= 4 is 23.5 Å². The zero-order valence-corrected chi connectivity index (χ0v) is 12.1. The fourth-order valence-electron chi connectivity index (χ4n) is 2.22. The molecule has 0 spiro atoms. The predicted molar refractivity (Wildman–Crippen MR) is 76.5 cm³/mol. The van der Waals surface area contributed by atoms with Crippen molar-refractivity contribution in [2.75, 3.05) is 0 Å². The molecule has 1 aliphatic rings. The summed E-state index contributed by atoms with van der Waals surface area (Å²) >= 11 is 5.85. The normalized spacial score (nSPS) is 22.0. The molecule has 106 valence electrons. The van der Waals surface area contributed by atoms with Crippen molar-refractivity contribution in [2.45, 2.75) is 31.9 Å². The van der Waals surface area contributed by atoms with Crippen molar-refractivity contribution in [3.8, 4) is 0 Å². The number of carbonyl (C=O) groups excluding carboxylic acids is 2. The van der Waals surface area contributed by atoms with E-state index in [-0.39, 0.29) is 12.0 Å². The van der Waals surface area contributed by atoms with Crippen molar-refractivity contribution < 1.29 is 14.3 Å². The van der Waals surface area contributed by atoms with Crippen LogP contribution in [0.3, 0.4) is 0 Å². The summed E-state index contributed by atoms with van der Waals surface area (Å²) in [5.41, 5.74) is 1.17. The highest BCUT2D eigenvalue weighted by Gasteiger charge is 2.42. The summed E-state index contributed by atoms with van der Waals surface area (Å²) in [6, 6.07) is 6.27. The quantitative estimate of drug-likeness (QED) is 0.688. The smallest absolute Gasteiger partial charge is 0.329 e. The number of hydrogen-bond acceptors (Lipinski definition) is 3. The van der Waals surface area contributed by atoms with Crippen LogP contribution in [0, 0.1) is 0 Å². The number of carbonyl (C=O) groups is 2. The molecule has 2 atom stereocenters. The van der Waals surface area contributed by atoms with Crippen LogP contribution in [0.2, 0.25) is 5.02 Å². The van der Waals surface area contributed by atoms with Gasteiger partial charge in [-0.2, -0.15) is 0 Å². The second-order valence-corrected chi connectivity index (χ2v) is 5.43. The third kappa shape index (κ3) is 2.85. The van der Waals surface area contributed by atoms with Crippen molar-refractivity contribution in [2.24, 2.45) is 0 Å². The summed E-state index contributed by atoms with van der Waals surface area (Å²) in [6.07, 6.45) is -0.237. The molecule has 0 aromatic heterocycles. The van der Waals surface area contributed by atoms with Crippen LogP contribution in [-0.2, 0) is 14.3 Å². The van der Waals surface area contributed by atoms with E-state index in [9.17, 15) is 9.59 Å². The summed E-state index contributed by atoms with van der Waals surface area (Å²) < 4.78 is 5.19. The first-order valence-corrected chi connectivity index (χ1v) is 6.73. The fraction of sp³-hybridized carbons (Fsp3) is 0.333. The number of benzene rings is 1. The van der Waals surface area contributed by atoms with Crippen LogP contribution in [0.5, 0.6) is 0 Å². The highest BCUT2D eigenvalue weighted by molar-refractivity contribution is 6.30. The van der Waals surface area contributed by atoms with Gasteiger partial charge in [0.25, 0.3) is 0 Å². The van der Waals surface area contributed by atoms with Crippen molar-refractivity contribution in [1.29, 1.82) is 0 Å². The molecule has 1 N–H and O–H groups in total. The topological polar surface area (TPSA) is 55.4 Å². The first kappa shape index (κ1) is 14.6. The molecule has 1 fully saturated rings. The molecule has 1 amide bonds. The lowest BCUT2D eigenvalue weighted by Gasteiger charge is -2.19. The van der Waals surface area contributed by atoms with Gasteiger partial charge in [0.15, 0.2) is 0 Å². The highest BCUT2D eigenvalue weighted by Crippen LogP contribution is 2.33.